The number of rotatable bonds is 9. The summed E-state index contributed by atoms with van der Waals surface area (Å²) in [6, 6.07) is 4.69. The van der Waals surface area contributed by atoms with E-state index in [-0.39, 0.29) is 12.2 Å². The Bertz CT molecular complexity index is 797. The summed E-state index contributed by atoms with van der Waals surface area (Å²) in [6.45, 7) is 8.47. The van der Waals surface area contributed by atoms with Gasteiger partial charge in [-0.05, 0) is 58.8 Å². The minimum absolute atomic E-state index is 0.130. The number of hydrogen-bond donors (Lipinski definition) is 2. The molecule has 1 aromatic carbocycles. The maximum atomic E-state index is 14.5. The van der Waals surface area contributed by atoms with Crippen LogP contribution in [0.4, 0.5) is 15.9 Å². The number of piperidine rings is 1. The van der Waals surface area contributed by atoms with Crippen molar-refractivity contribution in [3.8, 4) is 11.6 Å². The molecule has 2 aromatic rings. The quantitative estimate of drug-likeness (QED) is 0.618. The lowest BCUT2D eigenvalue weighted by atomic mass is 10.1. The van der Waals surface area contributed by atoms with Crippen molar-refractivity contribution >= 4 is 11.5 Å². The number of hydrogen-bond acceptors (Lipinski definition) is 7. The molecule has 0 aliphatic carbocycles. The Hall–Kier alpha value is -2.45. The maximum Gasteiger partial charge on any atom is 0.221 e. The van der Waals surface area contributed by atoms with Crippen molar-refractivity contribution in [2.45, 2.75) is 45.8 Å². The van der Waals surface area contributed by atoms with E-state index in [1.54, 1.807) is 12.1 Å². The third kappa shape index (κ3) is 6.27. The Labute approximate surface area is 171 Å². The molecule has 29 heavy (non-hydrogen) atoms. The van der Waals surface area contributed by atoms with Crippen LogP contribution in [0.3, 0.4) is 0 Å². The van der Waals surface area contributed by atoms with Crippen molar-refractivity contribution in [2.75, 3.05) is 31.6 Å². The van der Waals surface area contributed by atoms with Gasteiger partial charge in [-0.2, -0.15) is 0 Å². The molecule has 0 saturated carbocycles. The molecule has 1 aliphatic heterocycles. The fourth-order valence-corrected chi connectivity index (χ4v) is 3.01. The van der Waals surface area contributed by atoms with E-state index in [9.17, 15) is 4.39 Å². The lowest BCUT2D eigenvalue weighted by Crippen LogP contribution is -2.34. The summed E-state index contributed by atoms with van der Waals surface area (Å²) < 4.78 is 31.5. The molecule has 1 aromatic heterocycles. The topological polar surface area (TPSA) is 77.5 Å². The summed E-state index contributed by atoms with van der Waals surface area (Å²) in [4.78, 5) is 8.48. The second-order valence-electron chi connectivity index (χ2n) is 7.25. The van der Waals surface area contributed by atoms with Crippen molar-refractivity contribution in [1.29, 1.82) is 0 Å². The largest absolute Gasteiger partial charge is 0.491 e. The van der Waals surface area contributed by atoms with Crippen LogP contribution in [0.2, 0.25) is 0 Å². The molecular formula is C21H29FN4O3. The van der Waals surface area contributed by atoms with Crippen molar-refractivity contribution in [3.05, 3.63) is 35.9 Å². The van der Waals surface area contributed by atoms with Crippen LogP contribution in [0, 0.1) is 12.7 Å². The highest BCUT2D eigenvalue weighted by Crippen LogP contribution is 2.28. The highest BCUT2D eigenvalue weighted by Gasteiger charge is 2.18. The highest BCUT2D eigenvalue weighted by atomic mass is 19.1. The first-order chi connectivity index (χ1) is 14.0. The Morgan fingerprint density at radius 3 is 2.72 bits per heavy atom. The molecule has 2 heterocycles. The molecule has 8 heteroatoms. The molecule has 0 spiro atoms. The molecule has 2 N–H and O–H groups in total. The number of benzene rings is 1. The van der Waals surface area contributed by atoms with Gasteiger partial charge in [0.1, 0.15) is 36.4 Å². The first-order valence-electron chi connectivity index (χ1n) is 10.0. The second kappa shape index (κ2) is 10.4. The van der Waals surface area contributed by atoms with Crippen LogP contribution in [0.1, 0.15) is 32.3 Å². The minimum atomic E-state index is -0.425. The monoisotopic (exact) mass is 404 g/mol. The van der Waals surface area contributed by atoms with Crippen LogP contribution in [0.25, 0.3) is 0 Å². The van der Waals surface area contributed by atoms with Gasteiger partial charge in [0.2, 0.25) is 5.88 Å². The summed E-state index contributed by atoms with van der Waals surface area (Å²) in [5, 5.41) is 6.34. The molecule has 3 rings (SSSR count). The van der Waals surface area contributed by atoms with Crippen LogP contribution < -0.4 is 20.1 Å². The maximum absolute atomic E-state index is 14.5. The van der Waals surface area contributed by atoms with E-state index in [4.69, 9.17) is 14.2 Å². The van der Waals surface area contributed by atoms with E-state index in [1.807, 2.05) is 20.8 Å². The van der Waals surface area contributed by atoms with E-state index in [0.717, 1.165) is 31.5 Å². The molecule has 7 nitrogen and oxygen atoms in total. The average molecular weight is 404 g/mol. The van der Waals surface area contributed by atoms with Gasteiger partial charge in [-0.25, -0.2) is 14.4 Å². The summed E-state index contributed by atoms with van der Waals surface area (Å²) >= 11 is 0. The van der Waals surface area contributed by atoms with Crippen LogP contribution in [-0.4, -0.2) is 48.5 Å². The number of nitrogens with one attached hydrogen (secondary N) is 2. The van der Waals surface area contributed by atoms with E-state index >= 15 is 0 Å². The van der Waals surface area contributed by atoms with E-state index in [0.29, 0.717) is 36.3 Å². The second-order valence-corrected chi connectivity index (χ2v) is 7.25. The summed E-state index contributed by atoms with van der Waals surface area (Å²) in [5.74, 6) is 1.07. The van der Waals surface area contributed by atoms with E-state index < -0.39 is 5.82 Å². The summed E-state index contributed by atoms with van der Waals surface area (Å²) in [7, 11) is 0. The summed E-state index contributed by atoms with van der Waals surface area (Å²) in [5.41, 5.74) is 1.06. The molecule has 0 atom stereocenters. The molecule has 0 bridgehead atoms. The van der Waals surface area contributed by atoms with Gasteiger partial charge in [0.25, 0.3) is 0 Å². The number of aromatic nitrogens is 2. The number of nitrogens with zero attached hydrogens (tertiary/aromatic N) is 2. The van der Waals surface area contributed by atoms with Gasteiger partial charge in [-0.1, -0.05) is 0 Å². The zero-order valence-corrected chi connectivity index (χ0v) is 17.2. The Morgan fingerprint density at radius 1 is 1.21 bits per heavy atom. The standard InChI is InChI=1S/C21H29FN4O3/c1-14(2)27-10-11-28-17-4-5-19(18(22)12-17)26-20-15(3)21(25-13-24-20)29-16-6-8-23-9-7-16/h4-5,12-14,16,23H,6-11H2,1-3H3,(H,24,25,26). The van der Waals surface area contributed by atoms with Crippen LogP contribution in [0.5, 0.6) is 11.6 Å². The predicted octanol–water partition coefficient (Wildman–Crippen LogP) is 3.60. The van der Waals surface area contributed by atoms with Gasteiger partial charge in [0.05, 0.1) is 24.0 Å². The van der Waals surface area contributed by atoms with Crippen molar-refractivity contribution < 1.29 is 18.6 Å². The fraction of sp³-hybridized carbons (Fsp3) is 0.524. The van der Waals surface area contributed by atoms with Crippen molar-refractivity contribution in [3.63, 3.8) is 0 Å². The molecule has 0 unspecified atom stereocenters. The normalized spacial score (nSPS) is 14.8. The number of halogens is 1. The predicted molar refractivity (Wildman–Crippen MR) is 110 cm³/mol. The molecule has 1 aliphatic rings. The highest BCUT2D eigenvalue weighted by molar-refractivity contribution is 5.62. The first kappa shape index (κ1) is 21.3. The van der Waals surface area contributed by atoms with Gasteiger partial charge >= 0.3 is 0 Å². The Kier molecular flexibility index (Phi) is 7.60. The number of anilines is 2. The number of ether oxygens (including phenoxy) is 3. The molecule has 1 saturated heterocycles. The van der Waals surface area contributed by atoms with E-state index in [2.05, 4.69) is 20.6 Å². The SMILES string of the molecule is Cc1c(Nc2ccc(OCCOC(C)C)cc2F)ncnc1OC1CCNCC1. The fourth-order valence-electron chi connectivity index (χ4n) is 3.01. The molecule has 158 valence electrons. The summed E-state index contributed by atoms with van der Waals surface area (Å²) in [6.07, 6.45) is 3.57. The van der Waals surface area contributed by atoms with Gasteiger partial charge in [-0.15, -0.1) is 0 Å². The Morgan fingerprint density at radius 2 is 2.00 bits per heavy atom. The van der Waals surface area contributed by atoms with Crippen LogP contribution in [0.15, 0.2) is 24.5 Å². The van der Waals surface area contributed by atoms with Gasteiger partial charge in [0, 0.05) is 6.07 Å². The molecular weight excluding hydrogens is 375 g/mol. The lowest BCUT2D eigenvalue weighted by Gasteiger charge is -2.24. The van der Waals surface area contributed by atoms with Crippen molar-refractivity contribution in [1.82, 2.24) is 15.3 Å². The molecule has 1 fully saturated rings. The van der Waals surface area contributed by atoms with Gasteiger partial charge < -0.3 is 24.8 Å². The van der Waals surface area contributed by atoms with E-state index in [1.165, 1.54) is 12.4 Å². The lowest BCUT2D eigenvalue weighted by molar-refractivity contribution is 0.0552. The average Bonchev–Trinajstić information content (AvgIpc) is 2.71. The third-order valence-corrected chi connectivity index (χ3v) is 4.60. The first-order valence-corrected chi connectivity index (χ1v) is 10.0. The smallest absolute Gasteiger partial charge is 0.221 e. The zero-order valence-electron chi connectivity index (χ0n) is 17.2. The van der Waals surface area contributed by atoms with Gasteiger partial charge in [-0.3, -0.25) is 0 Å². The van der Waals surface area contributed by atoms with Gasteiger partial charge in [0.15, 0.2) is 0 Å². The molecule has 0 amide bonds. The Balaban J connectivity index is 1.62. The molecule has 0 radical (unpaired) electrons. The van der Waals surface area contributed by atoms with Crippen LogP contribution >= 0.6 is 0 Å². The zero-order chi connectivity index (χ0) is 20.6. The van der Waals surface area contributed by atoms with Crippen molar-refractivity contribution in [2.24, 2.45) is 0 Å². The minimum Gasteiger partial charge on any atom is -0.491 e. The van der Waals surface area contributed by atoms with Crippen LogP contribution in [-0.2, 0) is 4.74 Å². The third-order valence-electron chi connectivity index (χ3n) is 4.60.